The SMILES string of the molecule is Nc1ccc(Cl)c(S(=O)CC2CCC3(CCCCC3)O2)c1. The summed E-state index contributed by atoms with van der Waals surface area (Å²) in [5.41, 5.74) is 6.43. The third kappa shape index (κ3) is 3.43. The summed E-state index contributed by atoms with van der Waals surface area (Å²) in [5, 5.41) is 0.521. The van der Waals surface area contributed by atoms with Gasteiger partial charge in [0.05, 0.1) is 38.2 Å². The molecule has 0 amide bonds. The summed E-state index contributed by atoms with van der Waals surface area (Å²) in [4.78, 5) is 0.630. The van der Waals surface area contributed by atoms with Gasteiger partial charge < -0.3 is 10.5 Å². The van der Waals surface area contributed by atoms with Gasteiger partial charge >= 0.3 is 0 Å². The van der Waals surface area contributed by atoms with Crippen LogP contribution in [0.1, 0.15) is 44.9 Å². The lowest BCUT2D eigenvalue weighted by molar-refractivity contribution is -0.0557. The van der Waals surface area contributed by atoms with Crippen LogP contribution in [-0.4, -0.2) is 21.7 Å². The number of hydrogen-bond donors (Lipinski definition) is 1. The van der Waals surface area contributed by atoms with E-state index in [-0.39, 0.29) is 11.7 Å². The van der Waals surface area contributed by atoms with Crippen molar-refractivity contribution in [2.24, 2.45) is 0 Å². The van der Waals surface area contributed by atoms with E-state index in [9.17, 15) is 4.21 Å². The molecule has 0 aromatic heterocycles. The van der Waals surface area contributed by atoms with Crippen LogP contribution < -0.4 is 5.73 Å². The average Bonchev–Trinajstić information content (AvgIpc) is 2.84. The van der Waals surface area contributed by atoms with Crippen LogP contribution >= 0.6 is 11.6 Å². The van der Waals surface area contributed by atoms with Crippen molar-refractivity contribution in [3.8, 4) is 0 Å². The highest BCUT2D eigenvalue weighted by atomic mass is 35.5. The Labute approximate surface area is 133 Å². The molecule has 1 aromatic carbocycles. The van der Waals surface area contributed by atoms with Crippen LogP contribution in [0.2, 0.25) is 5.02 Å². The summed E-state index contributed by atoms with van der Waals surface area (Å²) >= 11 is 6.13. The quantitative estimate of drug-likeness (QED) is 0.856. The number of ether oxygens (including phenoxy) is 1. The van der Waals surface area contributed by atoms with E-state index in [4.69, 9.17) is 22.1 Å². The number of nitrogens with two attached hydrogens (primary N) is 1. The number of hydrogen-bond acceptors (Lipinski definition) is 3. The second-order valence-electron chi connectivity index (χ2n) is 6.22. The van der Waals surface area contributed by atoms with Gasteiger partial charge in [0.25, 0.3) is 0 Å². The molecule has 2 unspecified atom stereocenters. The van der Waals surface area contributed by atoms with Crippen molar-refractivity contribution in [1.29, 1.82) is 0 Å². The fourth-order valence-corrected chi connectivity index (χ4v) is 5.21. The first-order valence-corrected chi connectivity index (χ1v) is 9.39. The van der Waals surface area contributed by atoms with E-state index in [0.29, 0.717) is 21.4 Å². The first-order valence-electron chi connectivity index (χ1n) is 7.69. The second-order valence-corrected chi connectivity index (χ2v) is 8.10. The standard InChI is InChI=1S/C16H22ClNO2S/c17-14-5-4-12(18)10-15(14)21(19)11-13-6-9-16(20-13)7-2-1-3-8-16/h4-5,10,13H,1-3,6-9,11,18H2. The van der Waals surface area contributed by atoms with Crippen LogP contribution in [-0.2, 0) is 15.5 Å². The highest BCUT2D eigenvalue weighted by Crippen LogP contribution is 2.42. The number of anilines is 1. The van der Waals surface area contributed by atoms with Gasteiger partial charge in [-0.1, -0.05) is 30.9 Å². The largest absolute Gasteiger partial charge is 0.399 e. The second kappa shape index (κ2) is 6.27. The van der Waals surface area contributed by atoms with Gasteiger partial charge in [-0.25, -0.2) is 0 Å². The molecule has 1 saturated carbocycles. The van der Waals surface area contributed by atoms with Gasteiger partial charge in [0, 0.05) is 5.69 Å². The molecule has 3 rings (SSSR count). The first kappa shape index (κ1) is 15.3. The Balaban J connectivity index is 1.64. The molecule has 1 aliphatic heterocycles. The van der Waals surface area contributed by atoms with Gasteiger partial charge in [-0.05, 0) is 43.9 Å². The number of halogens is 1. The van der Waals surface area contributed by atoms with Crippen molar-refractivity contribution in [1.82, 2.24) is 0 Å². The number of rotatable bonds is 3. The van der Waals surface area contributed by atoms with E-state index in [0.717, 1.165) is 25.7 Å². The molecule has 21 heavy (non-hydrogen) atoms. The Morgan fingerprint density at radius 2 is 2.05 bits per heavy atom. The summed E-state index contributed by atoms with van der Waals surface area (Å²) in [5.74, 6) is 0.519. The molecule has 116 valence electrons. The molecule has 5 heteroatoms. The molecule has 2 aliphatic rings. The molecular weight excluding hydrogens is 306 g/mol. The molecule has 1 spiro atoms. The maximum absolute atomic E-state index is 12.5. The lowest BCUT2D eigenvalue weighted by atomic mass is 9.83. The summed E-state index contributed by atoms with van der Waals surface area (Å²) in [7, 11) is -1.15. The van der Waals surface area contributed by atoms with Crippen LogP contribution in [0, 0.1) is 0 Å². The Bertz CT molecular complexity index is 543. The maximum atomic E-state index is 12.5. The summed E-state index contributed by atoms with van der Waals surface area (Å²) in [6, 6.07) is 5.15. The minimum absolute atomic E-state index is 0.0760. The third-order valence-corrected chi connectivity index (χ3v) is 6.59. The Hall–Kier alpha value is -0.580. The van der Waals surface area contributed by atoms with Crippen molar-refractivity contribution < 1.29 is 8.95 Å². The molecule has 2 atom stereocenters. The highest BCUT2D eigenvalue weighted by Gasteiger charge is 2.41. The van der Waals surface area contributed by atoms with E-state index in [1.807, 2.05) is 0 Å². The zero-order valence-electron chi connectivity index (χ0n) is 12.1. The lowest BCUT2D eigenvalue weighted by Crippen LogP contribution is -2.32. The smallest absolute Gasteiger partial charge is 0.0702 e. The predicted octanol–water partition coefficient (Wildman–Crippen LogP) is 3.91. The van der Waals surface area contributed by atoms with E-state index in [1.54, 1.807) is 18.2 Å². The molecular formula is C16H22ClNO2S. The monoisotopic (exact) mass is 327 g/mol. The normalized spacial score (nSPS) is 26.0. The molecule has 2 fully saturated rings. The Kier molecular flexibility index (Phi) is 4.57. The molecule has 0 bridgehead atoms. The Morgan fingerprint density at radius 1 is 1.29 bits per heavy atom. The predicted molar refractivity (Wildman–Crippen MR) is 87.1 cm³/mol. The zero-order valence-corrected chi connectivity index (χ0v) is 13.7. The zero-order chi connectivity index (χ0) is 14.9. The third-order valence-electron chi connectivity index (χ3n) is 4.64. The summed E-state index contributed by atoms with van der Waals surface area (Å²) in [6.07, 6.45) is 8.37. The van der Waals surface area contributed by atoms with Crippen molar-refractivity contribution in [3.63, 3.8) is 0 Å². The fraction of sp³-hybridized carbons (Fsp3) is 0.625. The molecule has 1 aliphatic carbocycles. The molecule has 1 aromatic rings. The Morgan fingerprint density at radius 3 is 2.81 bits per heavy atom. The van der Waals surface area contributed by atoms with Gasteiger partial charge in [-0.2, -0.15) is 0 Å². The van der Waals surface area contributed by atoms with Crippen molar-refractivity contribution in [2.45, 2.75) is 61.5 Å². The fourth-order valence-electron chi connectivity index (χ4n) is 3.53. The van der Waals surface area contributed by atoms with Gasteiger partial charge in [0.15, 0.2) is 0 Å². The van der Waals surface area contributed by atoms with Crippen LogP contribution in [0.3, 0.4) is 0 Å². The number of benzene rings is 1. The van der Waals surface area contributed by atoms with Crippen molar-refractivity contribution in [2.75, 3.05) is 11.5 Å². The summed E-state index contributed by atoms with van der Waals surface area (Å²) in [6.45, 7) is 0. The lowest BCUT2D eigenvalue weighted by Gasteiger charge is -2.33. The average molecular weight is 328 g/mol. The molecule has 2 N–H and O–H groups in total. The first-order chi connectivity index (χ1) is 10.1. The van der Waals surface area contributed by atoms with Crippen LogP contribution in [0.4, 0.5) is 5.69 Å². The van der Waals surface area contributed by atoms with E-state index < -0.39 is 10.8 Å². The van der Waals surface area contributed by atoms with Crippen molar-refractivity contribution in [3.05, 3.63) is 23.2 Å². The van der Waals surface area contributed by atoms with Crippen molar-refractivity contribution >= 4 is 28.1 Å². The van der Waals surface area contributed by atoms with Crippen LogP contribution in [0.25, 0.3) is 0 Å². The van der Waals surface area contributed by atoms with Gasteiger partial charge in [-0.15, -0.1) is 0 Å². The molecule has 3 nitrogen and oxygen atoms in total. The molecule has 1 heterocycles. The van der Waals surface area contributed by atoms with Gasteiger partial charge in [0.1, 0.15) is 0 Å². The van der Waals surface area contributed by atoms with E-state index in [2.05, 4.69) is 0 Å². The van der Waals surface area contributed by atoms with Crippen LogP contribution in [0.5, 0.6) is 0 Å². The molecule has 0 radical (unpaired) electrons. The minimum Gasteiger partial charge on any atom is -0.399 e. The van der Waals surface area contributed by atoms with Gasteiger partial charge in [0.2, 0.25) is 0 Å². The van der Waals surface area contributed by atoms with Gasteiger partial charge in [-0.3, -0.25) is 4.21 Å². The number of nitrogen functional groups attached to an aromatic ring is 1. The van der Waals surface area contributed by atoms with Crippen LogP contribution in [0.15, 0.2) is 23.1 Å². The summed E-state index contributed by atoms with van der Waals surface area (Å²) < 4.78 is 18.8. The van der Waals surface area contributed by atoms with E-state index in [1.165, 1.54) is 19.3 Å². The maximum Gasteiger partial charge on any atom is 0.0702 e. The van der Waals surface area contributed by atoms with E-state index >= 15 is 0 Å². The topological polar surface area (TPSA) is 52.3 Å². The minimum atomic E-state index is -1.15. The molecule has 1 saturated heterocycles. The highest BCUT2D eigenvalue weighted by molar-refractivity contribution is 7.85.